The Balaban J connectivity index is 1.92. The lowest BCUT2D eigenvalue weighted by atomic mass is 10.1. The van der Waals surface area contributed by atoms with Crippen LogP contribution in [0.1, 0.15) is 35.9 Å². The summed E-state index contributed by atoms with van der Waals surface area (Å²) in [5.74, 6) is -0.597. The molecule has 23 heavy (non-hydrogen) atoms. The van der Waals surface area contributed by atoms with E-state index in [1.807, 2.05) is 25.1 Å². The van der Waals surface area contributed by atoms with Crippen molar-refractivity contribution in [3.05, 3.63) is 64.9 Å². The minimum atomic E-state index is -0.663. The molecule has 2 N–H and O–H groups in total. The summed E-state index contributed by atoms with van der Waals surface area (Å²) in [4.78, 5) is 28.4. The monoisotopic (exact) mass is 331 g/mol. The second-order valence-electron chi connectivity index (χ2n) is 5.19. The summed E-state index contributed by atoms with van der Waals surface area (Å²) in [6, 6.07) is 11.1. The topological polar surface area (TPSA) is 71.1 Å². The summed E-state index contributed by atoms with van der Waals surface area (Å²) in [7, 11) is 0. The molecule has 0 aliphatic heterocycles. The van der Waals surface area contributed by atoms with Gasteiger partial charge in [-0.15, -0.1) is 0 Å². The first-order chi connectivity index (χ1) is 11.0. The Labute approximate surface area is 140 Å². The van der Waals surface area contributed by atoms with Gasteiger partial charge in [0.25, 0.3) is 5.91 Å². The van der Waals surface area contributed by atoms with Gasteiger partial charge >= 0.3 is 0 Å². The van der Waals surface area contributed by atoms with Crippen molar-refractivity contribution in [2.45, 2.75) is 25.9 Å². The summed E-state index contributed by atoms with van der Waals surface area (Å²) in [6.45, 7) is 3.47. The summed E-state index contributed by atoms with van der Waals surface area (Å²) >= 11 is 5.79. The van der Waals surface area contributed by atoms with Crippen molar-refractivity contribution < 1.29 is 9.59 Å². The van der Waals surface area contributed by atoms with Crippen LogP contribution in [0.4, 0.5) is 0 Å². The van der Waals surface area contributed by atoms with Crippen molar-refractivity contribution in [1.29, 1.82) is 0 Å². The van der Waals surface area contributed by atoms with E-state index in [1.54, 1.807) is 37.4 Å². The fourth-order valence-electron chi connectivity index (χ4n) is 1.99. The molecule has 0 spiro atoms. The van der Waals surface area contributed by atoms with Crippen molar-refractivity contribution in [1.82, 2.24) is 15.6 Å². The number of carbonyl (C=O) groups excluding carboxylic acids is 2. The molecule has 2 amide bonds. The van der Waals surface area contributed by atoms with Crippen LogP contribution >= 0.6 is 11.6 Å². The molecular weight excluding hydrogens is 314 g/mol. The molecule has 0 saturated heterocycles. The average Bonchev–Trinajstić information content (AvgIpc) is 2.56. The molecule has 2 aromatic rings. The van der Waals surface area contributed by atoms with Crippen LogP contribution in [0.15, 0.2) is 48.7 Å². The number of hydrogen-bond donors (Lipinski definition) is 2. The zero-order valence-corrected chi connectivity index (χ0v) is 13.7. The third-order valence-electron chi connectivity index (χ3n) is 3.34. The van der Waals surface area contributed by atoms with Gasteiger partial charge < -0.3 is 10.6 Å². The number of halogens is 1. The fraction of sp³-hybridized carbons (Fsp3) is 0.235. The number of rotatable bonds is 5. The molecule has 2 unspecified atom stereocenters. The van der Waals surface area contributed by atoms with Gasteiger partial charge in [-0.2, -0.15) is 0 Å². The molecule has 0 saturated carbocycles. The number of carbonyl (C=O) groups is 2. The van der Waals surface area contributed by atoms with Gasteiger partial charge in [-0.25, -0.2) is 0 Å². The molecule has 120 valence electrons. The van der Waals surface area contributed by atoms with E-state index in [-0.39, 0.29) is 17.9 Å². The van der Waals surface area contributed by atoms with Crippen LogP contribution < -0.4 is 10.6 Å². The lowest BCUT2D eigenvalue weighted by molar-refractivity contribution is -0.123. The smallest absolute Gasteiger partial charge is 0.251 e. The van der Waals surface area contributed by atoms with Crippen LogP contribution in [0.25, 0.3) is 0 Å². The van der Waals surface area contributed by atoms with E-state index in [1.165, 1.54) is 0 Å². The number of amides is 2. The SMILES string of the molecule is CC(NC(=O)c1ccc(Cl)cc1)C(=O)NC(C)c1ccccn1. The van der Waals surface area contributed by atoms with E-state index in [0.29, 0.717) is 10.6 Å². The van der Waals surface area contributed by atoms with Gasteiger partial charge in [0.05, 0.1) is 11.7 Å². The van der Waals surface area contributed by atoms with Gasteiger partial charge in [-0.05, 0) is 50.2 Å². The highest BCUT2D eigenvalue weighted by Crippen LogP contribution is 2.10. The van der Waals surface area contributed by atoms with Crippen LogP contribution in [-0.4, -0.2) is 22.8 Å². The maximum absolute atomic E-state index is 12.2. The highest BCUT2D eigenvalue weighted by molar-refractivity contribution is 6.30. The van der Waals surface area contributed by atoms with Crippen LogP contribution in [0.2, 0.25) is 5.02 Å². The van der Waals surface area contributed by atoms with E-state index in [0.717, 1.165) is 5.69 Å². The van der Waals surface area contributed by atoms with Gasteiger partial charge in [-0.1, -0.05) is 17.7 Å². The number of aromatic nitrogens is 1. The van der Waals surface area contributed by atoms with E-state index in [9.17, 15) is 9.59 Å². The van der Waals surface area contributed by atoms with Gasteiger partial charge in [-0.3, -0.25) is 14.6 Å². The summed E-state index contributed by atoms with van der Waals surface area (Å²) in [6.07, 6.45) is 1.67. The molecule has 5 nitrogen and oxygen atoms in total. The minimum Gasteiger partial charge on any atom is -0.346 e. The predicted molar refractivity (Wildman–Crippen MR) is 89.2 cm³/mol. The molecule has 0 aliphatic carbocycles. The number of nitrogens with one attached hydrogen (secondary N) is 2. The van der Waals surface area contributed by atoms with Gasteiger partial charge in [0.15, 0.2) is 0 Å². The highest BCUT2D eigenvalue weighted by Gasteiger charge is 2.19. The number of pyridine rings is 1. The zero-order chi connectivity index (χ0) is 16.8. The van der Waals surface area contributed by atoms with Crippen molar-refractivity contribution in [2.75, 3.05) is 0 Å². The van der Waals surface area contributed by atoms with Crippen molar-refractivity contribution in [3.8, 4) is 0 Å². The van der Waals surface area contributed by atoms with Gasteiger partial charge in [0.2, 0.25) is 5.91 Å². The Hall–Kier alpha value is -2.40. The Bertz CT molecular complexity index is 674. The van der Waals surface area contributed by atoms with E-state index in [2.05, 4.69) is 15.6 Å². The van der Waals surface area contributed by atoms with Crippen LogP contribution in [0.3, 0.4) is 0 Å². The number of hydrogen-bond acceptors (Lipinski definition) is 3. The Morgan fingerprint density at radius 3 is 2.35 bits per heavy atom. The molecule has 0 radical (unpaired) electrons. The van der Waals surface area contributed by atoms with E-state index in [4.69, 9.17) is 11.6 Å². The van der Waals surface area contributed by atoms with Crippen molar-refractivity contribution >= 4 is 23.4 Å². The Kier molecular flexibility index (Phi) is 5.71. The molecule has 2 atom stereocenters. The van der Waals surface area contributed by atoms with Crippen molar-refractivity contribution in [2.24, 2.45) is 0 Å². The molecule has 0 fully saturated rings. The maximum atomic E-state index is 12.2. The molecule has 2 rings (SSSR count). The van der Waals surface area contributed by atoms with Gasteiger partial charge in [0.1, 0.15) is 6.04 Å². The Morgan fingerprint density at radius 2 is 1.74 bits per heavy atom. The third-order valence-corrected chi connectivity index (χ3v) is 3.59. The second kappa shape index (κ2) is 7.74. The van der Waals surface area contributed by atoms with Crippen molar-refractivity contribution in [3.63, 3.8) is 0 Å². The average molecular weight is 332 g/mol. The summed E-state index contributed by atoms with van der Waals surface area (Å²) < 4.78 is 0. The quantitative estimate of drug-likeness (QED) is 0.885. The number of nitrogens with zero attached hydrogens (tertiary/aromatic N) is 1. The van der Waals surface area contributed by atoms with E-state index < -0.39 is 6.04 Å². The number of benzene rings is 1. The fourth-order valence-corrected chi connectivity index (χ4v) is 2.12. The lowest BCUT2D eigenvalue weighted by Crippen LogP contribution is -2.45. The molecule has 1 aromatic heterocycles. The molecular formula is C17H18ClN3O2. The molecule has 6 heteroatoms. The molecule has 1 heterocycles. The predicted octanol–water partition coefficient (Wildman–Crippen LogP) is 2.73. The maximum Gasteiger partial charge on any atom is 0.251 e. The summed E-state index contributed by atoms with van der Waals surface area (Å²) in [5, 5.41) is 6.03. The molecule has 0 bridgehead atoms. The first-order valence-electron chi connectivity index (χ1n) is 7.25. The first kappa shape index (κ1) is 17.0. The minimum absolute atomic E-state index is 0.237. The largest absolute Gasteiger partial charge is 0.346 e. The lowest BCUT2D eigenvalue weighted by Gasteiger charge is -2.18. The normalized spacial score (nSPS) is 13.0. The third kappa shape index (κ3) is 4.79. The summed E-state index contributed by atoms with van der Waals surface area (Å²) in [5.41, 5.74) is 1.21. The Morgan fingerprint density at radius 1 is 1.04 bits per heavy atom. The van der Waals surface area contributed by atoms with Crippen LogP contribution in [-0.2, 0) is 4.79 Å². The first-order valence-corrected chi connectivity index (χ1v) is 7.63. The standard InChI is InChI=1S/C17H18ClN3O2/c1-11(15-5-3-4-10-19-15)20-16(22)12(2)21-17(23)13-6-8-14(18)9-7-13/h3-12H,1-2H3,(H,20,22)(H,21,23). The zero-order valence-electron chi connectivity index (χ0n) is 12.9. The van der Waals surface area contributed by atoms with Crippen LogP contribution in [0.5, 0.6) is 0 Å². The van der Waals surface area contributed by atoms with E-state index >= 15 is 0 Å². The molecule has 0 aliphatic rings. The second-order valence-corrected chi connectivity index (χ2v) is 5.62. The highest BCUT2D eigenvalue weighted by atomic mass is 35.5. The van der Waals surface area contributed by atoms with Gasteiger partial charge in [0, 0.05) is 16.8 Å². The van der Waals surface area contributed by atoms with Crippen LogP contribution in [0, 0.1) is 0 Å². The molecule has 1 aromatic carbocycles.